The van der Waals surface area contributed by atoms with Crippen LogP contribution in [0.4, 0.5) is 17.6 Å². The van der Waals surface area contributed by atoms with E-state index in [4.69, 9.17) is 14.6 Å². The van der Waals surface area contributed by atoms with Gasteiger partial charge in [-0.25, -0.2) is 42.5 Å². The van der Waals surface area contributed by atoms with Crippen LogP contribution in [0.15, 0.2) is 301 Å². The average molecular weight is 1700 g/mol. The van der Waals surface area contributed by atoms with Gasteiger partial charge < -0.3 is 32.8 Å². The third-order valence-electron chi connectivity index (χ3n) is 16.9. The molecule has 1 N–H and O–H groups in total. The zero-order valence-corrected chi connectivity index (χ0v) is 70.8. The molecule has 0 aromatic heterocycles. The van der Waals surface area contributed by atoms with Gasteiger partial charge in [-0.3, -0.25) is 0 Å². The van der Waals surface area contributed by atoms with Crippen LogP contribution in [-0.2, 0) is 115 Å². The molecular weight excluding hydrogens is 1610 g/mol. The third-order valence-corrected chi connectivity index (χ3v) is 22.0. The van der Waals surface area contributed by atoms with E-state index in [0.717, 1.165) is 51.5 Å². The minimum atomic E-state index is -5.74. The molecule has 11 aromatic carbocycles. The first-order valence-electron chi connectivity index (χ1n) is 35.6. The second-order valence-corrected chi connectivity index (χ2v) is 34.0. The summed E-state index contributed by atoms with van der Waals surface area (Å²) in [6.07, 6.45) is 4.10. The van der Waals surface area contributed by atoms with E-state index in [0.29, 0.717) is 58.5 Å². The molecule has 11 aromatic rings. The number of hydrogen-bond acceptors (Lipinski definition) is 15. The van der Waals surface area contributed by atoms with Crippen molar-refractivity contribution >= 4 is 90.1 Å². The van der Waals surface area contributed by atoms with Crippen LogP contribution in [0.2, 0.25) is 0 Å². The van der Waals surface area contributed by atoms with Crippen molar-refractivity contribution in [3.63, 3.8) is 0 Å². The van der Waals surface area contributed by atoms with E-state index in [1.165, 1.54) is 62.5 Å². The fourth-order valence-corrected chi connectivity index (χ4v) is 13.4. The smallest absolute Gasteiger partial charge is 0.205 e. The zero-order valence-electron chi connectivity index (χ0n) is 63.6. The number of thiol groups is 1. The molecule has 4 unspecified atom stereocenters. The Morgan fingerprint density at radius 1 is 0.354 bits per heavy atom. The standard InChI is InChI=1S/C17H16F4O4S.C17H20O4S.C12H10OS.2C11H16O3S.3C6H6S/c1-3-9(2)11-6-4-10(5-7-11)8-25-16-12(18)14(20)17(26(22,23)24)15(21)13(16)19;1-3-13(2)15-6-4-14(5-7-15)12-21-16-8-10-17(11-9-16)22(18,19)20;13-10-6-8-12(9-7-10)14-11-4-2-1-3-5-11;2*1-3-9(2)11-6-4-10(5-7-11)8-15(12,13)14;3*7-6-4-2-1-3-5-6/h4-7,9H,3,8H2,1-2H3,(H,22,23,24);4-11,13H,3,12H2,1-2H3,(H,18,19,20);1-9,13H;2*4-7,9H,3,8H2,1-2H3,(H,12,13,14);3*1-5,7H. The maximum Gasteiger partial charge on any atom is 0.205 e. The van der Waals surface area contributed by atoms with Gasteiger partial charge in [-0.1, -0.05) is 225 Å². The molecule has 606 valence electrons. The second kappa shape index (κ2) is 49.4. The fourth-order valence-electron chi connectivity index (χ4n) is 9.58. The Bertz CT molecular complexity index is 4850. The number of hydrogen-bond donors (Lipinski definition) is 1. The first-order valence-corrected chi connectivity index (χ1v) is 43.9. The molecule has 0 spiro atoms. The lowest BCUT2D eigenvalue weighted by Crippen LogP contribution is -2.12. The summed E-state index contributed by atoms with van der Waals surface area (Å²) >= 11 is 11.2. The van der Waals surface area contributed by atoms with Crippen LogP contribution >= 0.6 is 0 Å². The quantitative estimate of drug-likeness (QED) is 0.0217. The Morgan fingerprint density at radius 2 is 0.637 bits per heavy atom. The van der Waals surface area contributed by atoms with Gasteiger partial charge in [0.25, 0.3) is 0 Å². The lowest BCUT2D eigenvalue weighted by Gasteiger charge is -2.15. The highest BCUT2D eigenvalue weighted by atomic mass is 32.2. The van der Waals surface area contributed by atoms with E-state index >= 15 is 0 Å². The molecule has 0 aliphatic carbocycles. The Kier molecular flexibility index (Phi) is 42.4. The molecule has 0 bridgehead atoms. The molecule has 4 atom stereocenters. The molecule has 0 heterocycles. The molecule has 0 radical (unpaired) electrons. The Labute approximate surface area is 684 Å². The molecule has 0 amide bonds. The third kappa shape index (κ3) is 38.1. The first kappa shape index (κ1) is 96.9. The van der Waals surface area contributed by atoms with E-state index in [9.17, 15) is 69.4 Å². The van der Waals surface area contributed by atoms with Crippen LogP contribution < -0.4 is 9.47 Å². The van der Waals surface area contributed by atoms with Gasteiger partial charge in [-0.15, -0.1) is 0 Å². The Hall–Kier alpha value is -8.42. The van der Waals surface area contributed by atoms with Gasteiger partial charge >= 0.3 is 0 Å². The lowest BCUT2D eigenvalue weighted by atomic mass is 9.98. The van der Waals surface area contributed by atoms with Crippen LogP contribution in [0.3, 0.4) is 0 Å². The summed E-state index contributed by atoms with van der Waals surface area (Å²) in [7, 11) is -18.5. The van der Waals surface area contributed by atoms with Crippen molar-refractivity contribution in [1.82, 2.24) is 0 Å². The van der Waals surface area contributed by atoms with Crippen LogP contribution in [0.25, 0.3) is 0 Å². The average Bonchev–Trinajstić information content (AvgIpc) is 0.768. The fraction of sp³-hybridized carbons (Fsp3) is 0.233. The molecule has 0 saturated heterocycles. The van der Waals surface area contributed by atoms with Crippen molar-refractivity contribution in [3.8, 4) is 17.2 Å². The van der Waals surface area contributed by atoms with Crippen molar-refractivity contribution in [2.45, 2.75) is 164 Å². The molecule has 0 fully saturated rings. The summed E-state index contributed by atoms with van der Waals surface area (Å²) in [5.74, 6) is -8.48. The topological polar surface area (TPSA) is 267 Å². The van der Waals surface area contributed by atoms with E-state index < -0.39 is 92.5 Å². The number of aromatic hydroxyl groups is 1. The van der Waals surface area contributed by atoms with Crippen molar-refractivity contribution in [1.29, 1.82) is 0 Å². The molecule has 11 rings (SSSR count). The number of phenols is 1. The molecule has 0 aliphatic rings. The van der Waals surface area contributed by atoms with Gasteiger partial charge in [0.15, 0.2) is 27.2 Å². The minimum Gasteiger partial charge on any atom is -0.748 e. The van der Waals surface area contributed by atoms with Crippen LogP contribution in [-0.4, -0.2) is 57.0 Å². The van der Waals surface area contributed by atoms with E-state index in [1.54, 1.807) is 60.7 Å². The molecule has 0 saturated carbocycles. The van der Waals surface area contributed by atoms with Gasteiger partial charge in [-0.05, 0) is 229 Å². The lowest BCUT2D eigenvalue weighted by molar-refractivity contribution is 0.256. The van der Waals surface area contributed by atoms with Crippen molar-refractivity contribution < 1.29 is 84.0 Å². The number of ether oxygens (including phenoxy) is 2. The summed E-state index contributed by atoms with van der Waals surface area (Å²) in [5, 5.41) is 9.12. The first-order chi connectivity index (χ1) is 53.3. The van der Waals surface area contributed by atoms with Crippen LogP contribution in [0.5, 0.6) is 17.2 Å². The minimum absolute atomic E-state index is 0.252. The summed E-state index contributed by atoms with van der Waals surface area (Å²) in [6, 6.07) is 82.3. The predicted molar refractivity (Wildman–Crippen MR) is 449 cm³/mol. The number of phenolic OH excluding ortho intramolecular Hbond substituents is 1. The van der Waals surface area contributed by atoms with Crippen molar-refractivity contribution in [3.05, 3.63) is 335 Å². The van der Waals surface area contributed by atoms with Crippen molar-refractivity contribution in [2.24, 2.45) is 0 Å². The van der Waals surface area contributed by atoms with E-state index in [-0.39, 0.29) is 4.90 Å². The van der Waals surface area contributed by atoms with Crippen molar-refractivity contribution in [2.75, 3.05) is 0 Å². The Balaban J connectivity index is 0.000000283. The van der Waals surface area contributed by atoms with Gasteiger partial charge in [-0.2, -0.15) is 8.78 Å². The summed E-state index contributed by atoms with van der Waals surface area (Å²) in [6.45, 7) is 16.8. The highest BCUT2D eigenvalue weighted by Crippen LogP contribution is 2.34. The summed E-state index contributed by atoms with van der Waals surface area (Å²) in [5.41, 5.74) is 7.29. The summed E-state index contributed by atoms with van der Waals surface area (Å²) in [4.78, 5) is 3.37. The van der Waals surface area contributed by atoms with Crippen LogP contribution in [0, 0.1) is 23.3 Å². The number of rotatable bonds is 22. The SMILES string of the molecule is CCC(C)c1ccc(COc2c(F)c(F)c(S(=O)(=O)[O-])c(F)c2F)cc1.CCC(C)c1ccc(COc2ccc(S(=O)(=O)[O-])cc2)cc1.CCC(C)c1ccc(CS(=O)(=O)[O-])cc1.CCC(C)c1ccc(CS(=O)(=O)[O-])cc1.Oc1ccc([SH+]c2ccccc2)cc1.[SH2+]c1ccccc1.[SH2+]c1ccccc1.[SH2+]c1ccccc1. The highest BCUT2D eigenvalue weighted by molar-refractivity contribution is 7.86. The largest absolute Gasteiger partial charge is 0.748 e. The maximum absolute atomic E-state index is 13.8. The van der Waals surface area contributed by atoms with Crippen LogP contribution in [0.1, 0.15) is 149 Å². The second-order valence-electron chi connectivity index (χ2n) is 25.5. The maximum atomic E-state index is 13.8. The number of benzene rings is 11. The molecule has 27 heteroatoms. The van der Waals surface area contributed by atoms with E-state index in [1.807, 2.05) is 172 Å². The highest BCUT2D eigenvalue weighted by Gasteiger charge is 2.30. The zero-order chi connectivity index (χ0) is 83.9. The molecule has 0 aliphatic heterocycles. The molecule has 113 heavy (non-hydrogen) atoms. The van der Waals surface area contributed by atoms with Gasteiger partial charge in [0, 0.05) is 11.8 Å². The summed E-state index contributed by atoms with van der Waals surface area (Å²) < 4.78 is 193. The number of halogens is 4. The molecule has 15 nitrogen and oxygen atoms in total. The van der Waals surface area contributed by atoms with Gasteiger partial charge in [0.2, 0.25) is 11.6 Å². The van der Waals surface area contributed by atoms with Gasteiger partial charge in [0.1, 0.15) is 64.5 Å². The normalized spacial score (nSPS) is 12.0. The monoisotopic (exact) mass is 1700 g/mol. The van der Waals surface area contributed by atoms with Gasteiger partial charge in [0.05, 0.1) is 36.6 Å². The Morgan fingerprint density at radius 3 is 0.903 bits per heavy atom. The molecular formula is C86H96F4O15S8. The van der Waals surface area contributed by atoms with E-state index in [2.05, 4.69) is 104 Å². The predicted octanol–water partition coefficient (Wildman–Crippen LogP) is 18.2.